The zero-order chi connectivity index (χ0) is 12.1. The number of rotatable bonds is 3. The molecule has 1 fully saturated rings. The highest BCUT2D eigenvalue weighted by molar-refractivity contribution is 5.81. The highest BCUT2D eigenvalue weighted by Crippen LogP contribution is 2.35. The van der Waals surface area contributed by atoms with Crippen molar-refractivity contribution in [2.45, 2.75) is 53.1 Å². The molecule has 3 atom stereocenters. The van der Waals surface area contributed by atoms with E-state index in [0.29, 0.717) is 17.8 Å². The number of hydrogen-bond donors (Lipinski definition) is 0. The summed E-state index contributed by atoms with van der Waals surface area (Å²) in [7, 11) is 0. The van der Waals surface area contributed by atoms with Gasteiger partial charge in [0.2, 0.25) is 0 Å². The molecule has 1 aliphatic carbocycles. The SMILES string of the molecule is C/C=C/C(=O)OC1CC(C)CCC1C(C)C. The Bertz CT molecular complexity index is 255. The predicted molar refractivity (Wildman–Crippen MR) is 66.0 cm³/mol. The van der Waals surface area contributed by atoms with Crippen LogP contribution in [0.1, 0.15) is 47.0 Å². The van der Waals surface area contributed by atoms with Gasteiger partial charge in [0.25, 0.3) is 0 Å². The maximum atomic E-state index is 11.5. The van der Waals surface area contributed by atoms with Crippen LogP contribution in [0.5, 0.6) is 0 Å². The quantitative estimate of drug-likeness (QED) is 0.541. The van der Waals surface area contributed by atoms with Gasteiger partial charge in [-0.15, -0.1) is 0 Å². The van der Waals surface area contributed by atoms with Gasteiger partial charge in [-0.1, -0.05) is 33.3 Å². The third-order valence-corrected chi connectivity index (χ3v) is 3.53. The summed E-state index contributed by atoms with van der Waals surface area (Å²) in [5.74, 6) is 1.62. The highest BCUT2D eigenvalue weighted by Gasteiger charge is 2.32. The fraction of sp³-hybridized carbons (Fsp3) is 0.786. The van der Waals surface area contributed by atoms with Crippen LogP contribution >= 0.6 is 0 Å². The summed E-state index contributed by atoms with van der Waals surface area (Å²) < 4.78 is 5.55. The predicted octanol–water partition coefficient (Wildman–Crippen LogP) is 3.57. The fourth-order valence-electron chi connectivity index (χ4n) is 2.57. The Morgan fingerprint density at radius 3 is 2.62 bits per heavy atom. The Balaban J connectivity index is 2.60. The number of carbonyl (C=O) groups excluding carboxylic acids is 1. The van der Waals surface area contributed by atoms with E-state index in [0.717, 1.165) is 6.42 Å². The molecule has 1 rings (SSSR count). The van der Waals surface area contributed by atoms with Gasteiger partial charge < -0.3 is 4.74 Å². The van der Waals surface area contributed by atoms with Gasteiger partial charge in [-0.05, 0) is 37.5 Å². The van der Waals surface area contributed by atoms with E-state index in [-0.39, 0.29) is 12.1 Å². The maximum Gasteiger partial charge on any atom is 0.330 e. The molecule has 0 aromatic heterocycles. The van der Waals surface area contributed by atoms with Crippen molar-refractivity contribution < 1.29 is 9.53 Å². The number of carbonyl (C=O) groups is 1. The molecule has 1 aliphatic rings. The van der Waals surface area contributed by atoms with Crippen molar-refractivity contribution in [1.82, 2.24) is 0 Å². The van der Waals surface area contributed by atoms with Crippen LogP contribution in [0.15, 0.2) is 12.2 Å². The lowest BCUT2D eigenvalue weighted by atomic mass is 9.75. The minimum Gasteiger partial charge on any atom is -0.459 e. The molecule has 3 unspecified atom stereocenters. The molecular weight excluding hydrogens is 200 g/mol. The standard InChI is InChI=1S/C14H24O2/c1-5-6-14(15)16-13-9-11(4)7-8-12(13)10(2)3/h5-6,10-13H,7-9H2,1-4H3/b6-5+. The third-order valence-electron chi connectivity index (χ3n) is 3.53. The normalized spacial score (nSPS) is 30.9. The van der Waals surface area contributed by atoms with E-state index in [1.165, 1.54) is 18.9 Å². The summed E-state index contributed by atoms with van der Waals surface area (Å²) >= 11 is 0. The molecule has 2 heteroatoms. The van der Waals surface area contributed by atoms with Crippen LogP contribution < -0.4 is 0 Å². The lowest BCUT2D eigenvalue weighted by Gasteiger charge is -2.36. The van der Waals surface area contributed by atoms with Crippen molar-refractivity contribution in [2.75, 3.05) is 0 Å². The lowest BCUT2D eigenvalue weighted by molar-refractivity contribution is -0.149. The second-order valence-corrected chi connectivity index (χ2v) is 5.30. The van der Waals surface area contributed by atoms with Crippen LogP contribution in [0.25, 0.3) is 0 Å². The van der Waals surface area contributed by atoms with E-state index in [1.807, 2.05) is 6.92 Å². The first-order chi connectivity index (χ1) is 7.54. The molecule has 1 saturated carbocycles. The molecule has 0 saturated heterocycles. The maximum absolute atomic E-state index is 11.5. The number of esters is 1. The van der Waals surface area contributed by atoms with Gasteiger partial charge in [-0.3, -0.25) is 0 Å². The summed E-state index contributed by atoms with van der Waals surface area (Å²) in [6.07, 6.45) is 6.84. The number of ether oxygens (including phenoxy) is 1. The van der Waals surface area contributed by atoms with E-state index in [2.05, 4.69) is 20.8 Å². The van der Waals surface area contributed by atoms with Gasteiger partial charge in [-0.25, -0.2) is 4.79 Å². The van der Waals surface area contributed by atoms with Gasteiger partial charge in [0.05, 0.1) is 0 Å². The van der Waals surface area contributed by atoms with E-state index in [1.54, 1.807) is 6.08 Å². The van der Waals surface area contributed by atoms with Gasteiger partial charge in [-0.2, -0.15) is 0 Å². The average molecular weight is 224 g/mol. The zero-order valence-electron chi connectivity index (χ0n) is 10.9. The van der Waals surface area contributed by atoms with Crippen molar-refractivity contribution in [3.8, 4) is 0 Å². The fourth-order valence-corrected chi connectivity index (χ4v) is 2.57. The Hall–Kier alpha value is -0.790. The monoisotopic (exact) mass is 224 g/mol. The van der Waals surface area contributed by atoms with Crippen LogP contribution in [0, 0.1) is 17.8 Å². The summed E-state index contributed by atoms with van der Waals surface area (Å²) in [6.45, 7) is 8.52. The minimum atomic E-state index is -0.188. The van der Waals surface area contributed by atoms with E-state index in [4.69, 9.17) is 4.74 Å². The second kappa shape index (κ2) is 6.07. The Morgan fingerprint density at radius 2 is 2.06 bits per heavy atom. The van der Waals surface area contributed by atoms with Gasteiger partial charge in [0.15, 0.2) is 0 Å². The van der Waals surface area contributed by atoms with Gasteiger partial charge >= 0.3 is 5.97 Å². The molecule has 0 amide bonds. The van der Waals surface area contributed by atoms with Crippen molar-refractivity contribution >= 4 is 5.97 Å². The Morgan fingerprint density at radius 1 is 1.38 bits per heavy atom. The smallest absolute Gasteiger partial charge is 0.330 e. The van der Waals surface area contributed by atoms with E-state index < -0.39 is 0 Å². The molecule has 0 aliphatic heterocycles. The molecule has 92 valence electrons. The molecule has 0 radical (unpaired) electrons. The molecule has 0 spiro atoms. The summed E-state index contributed by atoms with van der Waals surface area (Å²) in [6, 6.07) is 0. The van der Waals surface area contributed by atoms with Crippen LogP contribution in [-0.2, 0) is 9.53 Å². The zero-order valence-corrected chi connectivity index (χ0v) is 10.9. The summed E-state index contributed by atoms with van der Waals surface area (Å²) in [5.41, 5.74) is 0. The van der Waals surface area contributed by atoms with Crippen molar-refractivity contribution in [3.05, 3.63) is 12.2 Å². The molecule has 0 bridgehead atoms. The van der Waals surface area contributed by atoms with Gasteiger partial charge in [0, 0.05) is 6.08 Å². The minimum absolute atomic E-state index is 0.118. The summed E-state index contributed by atoms with van der Waals surface area (Å²) in [5, 5.41) is 0. The van der Waals surface area contributed by atoms with Crippen molar-refractivity contribution in [1.29, 1.82) is 0 Å². The molecule has 2 nitrogen and oxygen atoms in total. The highest BCUT2D eigenvalue weighted by atomic mass is 16.5. The third kappa shape index (κ3) is 3.66. The van der Waals surface area contributed by atoms with Crippen LogP contribution in [0.2, 0.25) is 0 Å². The molecule has 0 aromatic rings. The average Bonchev–Trinajstić information content (AvgIpc) is 2.17. The first kappa shape index (κ1) is 13.3. The lowest BCUT2D eigenvalue weighted by Crippen LogP contribution is -2.35. The first-order valence-corrected chi connectivity index (χ1v) is 6.38. The Kier molecular flexibility index (Phi) is 5.04. The molecule has 0 aromatic carbocycles. The Labute approximate surface area is 99.1 Å². The van der Waals surface area contributed by atoms with Crippen molar-refractivity contribution in [2.24, 2.45) is 17.8 Å². The van der Waals surface area contributed by atoms with E-state index in [9.17, 15) is 4.79 Å². The van der Waals surface area contributed by atoms with Crippen LogP contribution in [0.3, 0.4) is 0 Å². The number of allylic oxidation sites excluding steroid dienone is 1. The largest absolute Gasteiger partial charge is 0.459 e. The molecule has 16 heavy (non-hydrogen) atoms. The van der Waals surface area contributed by atoms with Crippen molar-refractivity contribution in [3.63, 3.8) is 0 Å². The topological polar surface area (TPSA) is 26.3 Å². The second-order valence-electron chi connectivity index (χ2n) is 5.30. The van der Waals surface area contributed by atoms with Crippen LogP contribution in [-0.4, -0.2) is 12.1 Å². The first-order valence-electron chi connectivity index (χ1n) is 6.38. The van der Waals surface area contributed by atoms with Crippen LogP contribution in [0.4, 0.5) is 0 Å². The molecule has 0 heterocycles. The van der Waals surface area contributed by atoms with Gasteiger partial charge in [0.1, 0.15) is 6.10 Å². The summed E-state index contributed by atoms with van der Waals surface area (Å²) in [4.78, 5) is 11.5. The number of hydrogen-bond acceptors (Lipinski definition) is 2. The molecule has 0 N–H and O–H groups in total. The molecular formula is C14H24O2. The van der Waals surface area contributed by atoms with E-state index >= 15 is 0 Å².